The predicted octanol–water partition coefficient (Wildman–Crippen LogP) is 3.51. The van der Waals surface area contributed by atoms with Crippen LogP contribution in [0.1, 0.15) is 17.0 Å². The Balaban J connectivity index is 2.38. The molecule has 2 N–H and O–H groups in total. The first-order valence-electron chi connectivity index (χ1n) is 6.54. The number of nitrogens with zero attached hydrogens (tertiary/aromatic N) is 1. The van der Waals surface area contributed by atoms with Crippen LogP contribution in [0, 0.1) is 0 Å². The average Bonchev–Trinajstić information content (AvgIpc) is 2.47. The van der Waals surface area contributed by atoms with Crippen molar-refractivity contribution in [3.05, 3.63) is 70.5 Å². The SMILES string of the molecule is C=Cc1cccc(/C=C/c2ccccc2Br)[n+]1CCN. The van der Waals surface area contributed by atoms with Gasteiger partial charge in [0.2, 0.25) is 11.4 Å². The maximum Gasteiger partial charge on any atom is 0.205 e. The first-order chi connectivity index (χ1) is 9.76. The van der Waals surface area contributed by atoms with Gasteiger partial charge in [0.25, 0.3) is 0 Å². The van der Waals surface area contributed by atoms with Crippen LogP contribution < -0.4 is 10.3 Å². The highest BCUT2D eigenvalue weighted by molar-refractivity contribution is 9.10. The summed E-state index contributed by atoms with van der Waals surface area (Å²) in [5.41, 5.74) is 9.03. The molecule has 0 atom stereocenters. The molecule has 0 aliphatic heterocycles. The van der Waals surface area contributed by atoms with E-state index in [9.17, 15) is 0 Å². The van der Waals surface area contributed by atoms with Crippen molar-refractivity contribution >= 4 is 34.2 Å². The van der Waals surface area contributed by atoms with Gasteiger partial charge in [0.1, 0.15) is 0 Å². The summed E-state index contributed by atoms with van der Waals surface area (Å²) in [5.74, 6) is 0. The minimum atomic E-state index is 0.603. The standard InChI is InChI=1S/C17H18BrN2/c1-2-15-7-5-8-16(20(15)13-12-19)11-10-14-6-3-4-9-17(14)18/h2-11H,1,12-13,19H2/q+1/b11-10+. The summed E-state index contributed by atoms with van der Waals surface area (Å²) < 4.78 is 3.25. The lowest BCUT2D eigenvalue weighted by Crippen LogP contribution is -2.43. The molecule has 1 heterocycles. The lowest BCUT2D eigenvalue weighted by Gasteiger charge is -2.03. The zero-order valence-corrected chi connectivity index (χ0v) is 12.9. The van der Waals surface area contributed by atoms with Gasteiger partial charge in [0.15, 0.2) is 6.54 Å². The first kappa shape index (κ1) is 14.7. The number of nitrogens with two attached hydrogens (primary N) is 1. The lowest BCUT2D eigenvalue weighted by molar-refractivity contribution is -0.697. The molecule has 0 radical (unpaired) electrons. The Hall–Kier alpha value is -1.71. The summed E-state index contributed by atoms with van der Waals surface area (Å²) in [6, 6.07) is 14.3. The Morgan fingerprint density at radius 1 is 1.05 bits per heavy atom. The number of hydrogen-bond acceptors (Lipinski definition) is 1. The lowest BCUT2D eigenvalue weighted by atomic mass is 10.2. The Kier molecular flexibility index (Phi) is 5.27. The third-order valence-corrected chi connectivity index (χ3v) is 3.78. The molecule has 0 fully saturated rings. The Morgan fingerprint density at radius 2 is 1.80 bits per heavy atom. The fraction of sp³-hybridized carbons (Fsp3) is 0.118. The summed E-state index contributed by atoms with van der Waals surface area (Å²) >= 11 is 3.55. The number of pyridine rings is 1. The monoisotopic (exact) mass is 329 g/mol. The topological polar surface area (TPSA) is 29.9 Å². The van der Waals surface area contributed by atoms with Gasteiger partial charge < -0.3 is 5.73 Å². The van der Waals surface area contributed by atoms with Crippen LogP contribution in [-0.4, -0.2) is 6.54 Å². The zero-order valence-electron chi connectivity index (χ0n) is 11.3. The minimum Gasteiger partial charge on any atom is -0.325 e. The fourth-order valence-electron chi connectivity index (χ4n) is 2.07. The largest absolute Gasteiger partial charge is 0.325 e. The van der Waals surface area contributed by atoms with Crippen LogP contribution in [0.4, 0.5) is 0 Å². The van der Waals surface area contributed by atoms with E-state index in [-0.39, 0.29) is 0 Å². The third kappa shape index (κ3) is 3.44. The highest BCUT2D eigenvalue weighted by Gasteiger charge is 2.11. The van der Waals surface area contributed by atoms with E-state index in [0.717, 1.165) is 28.0 Å². The van der Waals surface area contributed by atoms with Crippen molar-refractivity contribution < 1.29 is 4.57 Å². The molecule has 0 saturated heterocycles. The number of hydrogen-bond donors (Lipinski definition) is 1. The van der Waals surface area contributed by atoms with Gasteiger partial charge in [0, 0.05) is 28.8 Å². The molecule has 0 unspecified atom stereocenters. The van der Waals surface area contributed by atoms with E-state index in [1.807, 2.05) is 36.4 Å². The quantitative estimate of drug-likeness (QED) is 0.836. The van der Waals surface area contributed by atoms with Gasteiger partial charge in [-0.25, -0.2) is 0 Å². The first-order valence-corrected chi connectivity index (χ1v) is 7.33. The molecule has 0 saturated carbocycles. The molecule has 0 aliphatic rings. The third-order valence-electron chi connectivity index (χ3n) is 3.06. The average molecular weight is 330 g/mol. The normalized spacial score (nSPS) is 10.9. The number of aromatic nitrogens is 1. The van der Waals surface area contributed by atoms with Gasteiger partial charge in [-0.3, -0.25) is 0 Å². The van der Waals surface area contributed by atoms with E-state index in [4.69, 9.17) is 5.73 Å². The van der Waals surface area contributed by atoms with Gasteiger partial charge in [-0.1, -0.05) is 40.7 Å². The molecule has 0 aliphatic carbocycles. The maximum absolute atomic E-state index is 5.70. The summed E-state index contributed by atoms with van der Waals surface area (Å²) in [5, 5.41) is 0. The molecular weight excluding hydrogens is 312 g/mol. The van der Waals surface area contributed by atoms with E-state index in [1.165, 1.54) is 0 Å². The molecule has 102 valence electrons. The predicted molar refractivity (Wildman–Crippen MR) is 88.9 cm³/mol. The van der Waals surface area contributed by atoms with Crippen LogP contribution >= 0.6 is 15.9 Å². The van der Waals surface area contributed by atoms with E-state index in [0.29, 0.717) is 6.54 Å². The molecule has 1 aromatic carbocycles. The number of benzene rings is 1. The molecule has 0 bridgehead atoms. The fourth-order valence-corrected chi connectivity index (χ4v) is 2.49. The Morgan fingerprint density at radius 3 is 2.50 bits per heavy atom. The highest BCUT2D eigenvalue weighted by atomic mass is 79.9. The summed E-state index contributed by atoms with van der Waals surface area (Å²) in [6.07, 6.45) is 6.05. The molecule has 1 aromatic heterocycles. The van der Waals surface area contributed by atoms with Crippen molar-refractivity contribution in [1.82, 2.24) is 0 Å². The van der Waals surface area contributed by atoms with E-state index in [1.54, 1.807) is 0 Å². The van der Waals surface area contributed by atoms with Crippen molar-refractivity contribution in [2.75, 3.05) is 6.54 Å². The van der Waals surface area contributed by atoms with Crippen LogP contribution in [0.15, 0.2) is 53.5 Å². The molecule has 3 heteroatoms. The van der Waals surface area contributed by atoms with E-state index < -0.39 is 0 Å². The summed E-state index contributed by atoms with van der Waals surface area (Å²) in [4.78, 5) is 0. The number of rotatable bonds is 5. The maximum atomic E-state index is 5.70. The van der Waals surface area contributed by atoms with Crippen LogP contribution in [0.3, 0.4) is 0 Å². The van der Waals surface area contributed by atoms with Gasteiger partial charge in [-0.05, 0) is 23.8 Å². The molecule has 2 rings (SSSR count). The van der Waals surface area contributed by atoms with Crippen LogP contribution in [0.25, 0.3) is 18.2 Å². The van der Waals surface area contributed by atoms with Gasteiger partial charge in [-0.2, -0.15) is 4.57 Å². The van der Waals surface area contributed by atoms with Gasteiger partial charge in [0.05, 0.1) is 6.54 Å². The zero-order chi connectivity index (χ0) is 14.4. The van der Waals surface area contributed by atoms with Gasteiger partial charge >= 0.3 is 0 Å². The highest BCUT2D eigenvalue weighted by Crippen LogP contribution is 2.18. The molecule has 2 nitrogen and oxygen atoms in total. The van der Waals surface area contributed by atoms with Crippen molar-refractivity contribution in [1.29, 1.82) is 0 Å². The Labute approximate surface area is 128 Å². The second-order valence-electron chi connectivity index (χ2n) is 4.37. The van der Waals surface area contributed by atoms with Crippen LogP contribution in [-0.2, 0) is 6.54 Å². The van der Waals surface area contributed by atoms with Gasteiger partial charge in [-0.15, -0.1) is 0 Å². The van der Waals surface area contributed by atoms with E-state index >= 15 is 0 Å². The smallest absolute Gasteiger partial charge is 0.205 e. The van der Waals surface area contributed by atoms with Crippen LogP contribution in [0.2, 0.25) is 0 Å². The van der Waals surface area contributed by atoms with E-state index in [2.05, 4.69) is 51.4 Å². The summed E-state index contributed by atoms with van der Waals surface area (Å²) in [6.45, 7) is 5.23. The minimum absolute atomic E-state index is 0.603. The van der Waals surface area contributed by atoms with Crippen molar-refractivity contribution in [3.63, 3.8) is 0 Å². The number of halogens is 1. The molecule has 0 spiro atoms. The molecule has 20 heavy (non-hydrogen) atoms. The summed E-state index contributed by atoms with van der Waals surface area (Å²) in [7, 11) is 0. The van der Waals surface area contributed by atoms with Crippen molar-refractivity contribution in [2.45, 2.75) is 6.54 Å². The van der Waals surface area contributed by atoms with Crippen LogP contribution in [0.5, 0.6) is 0 Å². The Bertz CT molecular complexity index is 633. The van der Waals surface area contributed by atoms with Crippen molar-refractivity contribution in [3.8, 4) is 0 Å². The second-order valence-corrected chi connectivity index (χ2v) is 5.23. The molecule has 0 amide bonds. The molecular formula is C17H18BrN2+. The molecule has 2 aromatic rings. The van der Waals surface area contributed by atoms with Crippen molar-refractivity contribution in [2.24, 2.45) is 5.73 Å². The second kappa shape index (κ2) is 7.17.